The van der Waals surface area contributed by atoms with E-state index in [1.807, 2.05) is 0 Å². The lowest BCUT2D eigenvalue weighted by atomic mass is 10.0. The van der Waals surface area contributed by atoms with Crippen LogP contribution < -0.4 is 0 Å². The normalized spacial score (nSPS) is 18.1. The Morgan fingerprint density at radius 1 is 0.630 bits per heavy atom. The highest BCUT2D eigenvalue weighted by Gasteiger charge is 2.11. The van der Waals surface area contributed by atoms with Gasteiger partial charge in [-0.25, -0.2) is 0 Å². The first-order valence-electron chi connectivity index (χ1n) is 10.9. The third-order valence-electron chi connectivity index (χ3n) is 5.45. The number of allylic oxidation sites excluding steroid dienone is 7. The van der Waals surface area contributed by atoms with Gasteiger partial charge >= 0.3 is 0 Å². The van der Waals surface area contributed by atoms with Crippen LogP contribution in [0.5, 0.6) is 0 Å². The Kier molecular flexibility index (Phi) is 12.4. The fourth-order valence-corrected chi connectivity index (χ4v) is 3.30. The molecule has 0 spiro atoms. The first kappa shape index (κ1) is 23.9. The summed E-state index contributed by atoms with van der Waals surface area (Å²) < 4.78 is 0. The molecule has 0 amide bonds. The van der Waals surface area contributed by atoms with Crippen LogP contribution in [0.2, 0.25) is 0 Å². The number of nitrogens with zero attached hydrogens (tertiary/aromatic N) is 2. The molecule has 0 bridgehead atoms. The molecule has 0 N–H and O–H groups in total. The molecule has 2 nitrogen and oxygen atoms in total. The van der Waals surface area contributed by atoms with Crippen LogP contribution in [0, 0.1) is 0 Å². The van der Waals surface area contributed by atoms with Gasteiger partial charge in [-0.3, -0.25) is 4.90 Å². The third kappa shape index (κ3) is 12.8. The zero-order valence-electron chi connectivity index (χ0n) is 19.0. The number of hydrogen-bond acceptors (Lipinski definition) is 2. The van der Waals surface area contributed by atoms with Crippen LogP contribution in [0.4, 0.5) is 0 Å². The maximum atomic E-state index is 2.57. The van der Waals surface area contributed by atoms with Gasteiger partial charge in [-0.15, -0.1) is 0 Å². The summed E-state index contributed by atoms with van der Waals surface area (Å²) in [6, 6.07) is 0. The van der Waals surface area contributed by atoms with Gasteiger partial charge in [0.1, 0.15) is 0 Å². The standard InChI is InChI=1S/C25H44N2/c1-22(2)10-7-11-23(3)12-8-13-24(4)14-9-15-25(5)16-17-27-20-18-26(6)19-21-27/h10,12,14,16H,7-9,11,13,15,17-21H2,1-6H3. The van der Waals surface area contributed by atoms with E-state index in [0.29, 0.717) is 0 Å². The first-order valence-corrected chi connectivity index (χ1v) is 10.9. The lowest BCUT2D eigenvalue weighted by Crippen LogP contribution is -2.44. The van der Waals surface area contributed by atoms with Crippen molar-refractivity contribution >= 4 is 0 Å². The molecule has 0 radical (unpaired) electrons. The molecular formula is C25H44N2. The molecule has 0 atom stereocenters. The second-order valence-electron chi connectivity index (χ2n) is 8.65. The largest absolute Gasteiger partial charge is 0.304 e. The van der Waals surface area contributed by atoms with Crippen molar-refractivity contribution in [2.24, 2.45) is 0 Å². The minimum absolute atomic E-state index is 1.12. The molecule has 1 fully saturated rings. The van der Waals surface area contributed by atoms with Crippen LogP contribution in [0.1, 0.15) is 73.1 Å². The van der Waals surface area contributed by atoms with E-state index < -0.39 is 0 Å². The van der Waals surface area contributed by atoms with Crippen molar-refractivity contribution in [3.63, 3.8) is 0 Å². The van der Waals surface area contributed by atoms with Gasteiger partial charge in [0.25, 0.3) is 0 Å². The summed E-state index contributed by atoms with van der Waals surface area (Å²) >= 11 is 0. The Bertz CT molecular complexity index is 525. The summed E-state index contributed by atoms with van der Waals surface area (Å²) in [5, 5.41) is 0. The van der Waals surface area contributed by atoms with E-state index in [1.54, 1.807) is 0 Å². The highest BCUT2D eigenvalue weighted by Crippen LogP contribution is 2.13. The Morgan fingerprint density at radius 2 is 1.07 bits per heavy atom. The molecular weight excluding hydrogens is 328 g/mol. The maximum Gasteiger partial charge on any atom is 0.0166 e. The number of piperazine rings is 1. The summed E-state index contributed by atoms with van der Waals surface area (Å²) in [4.78, 5) is 4.98. The average Bonchev–Trinajstić information content (AvgIpc) is 2.61. The number of likely N-dealkylation sites (N-methyl/N-ethyl adjacent to an activating group) is 1. The minimum atomic E-state index is 1.12. The fraction of sp³-hybridized carbons (Fsp3) is 0.680. The highest BCUT2D eigenvalue weighted by atomic mass is 15.2. The first-order chi connectivity index (χ1) is 12.9. The van der Waals surface area contributed by atoms with Crippen molar-refractivity contribution in [1.29, 1.82) is 0 Å². The molecule has 0 aromatic heterocycles. The molecule has 1 aliphatic heterocycles. The van der Waals surface area contributed by atoms with Crippen LogP contribution in [-0.4, -0.2) is 49.6 Å². The van der Waals surface area contributed by atoms with E-state index in [-0.39, 0.29) is 0 Å². The SMILES string of the molecule is CC(C)=CCCC(C)=CCCC(C)=CCCC(C)=CCN1CCN(C)CC1. The Balaban J connectivity index is 2.19. The van der Waals surface area contributed by atoms with Crippen molar-refractivity contribution in [3.05, 3.63) is 46.6 Å². The molecule has 1 aliphatic rings. The van der Waals surface area contributed by atoms with Gasteiger partial charge in [0, 0.05) is 32.7 Å². The monoisotopic (exact) mass is 372 g/mol. The second-order valence-corrected chi connectivity index (χ2v) is 8.65. The highest BCUT2D eigenvalue weighted by molar-refractivity contribution is 5.07. The van der Waals surface area contributed by atoms with E-state index in [0.717, 1.165) is 6.54 Å². The van der Waals surface area contributed by atoms with E-state index >= 15 is 0 Å². The molecule has 0 aromatic carbocycles. The average molecular weight is 373 g/mol. The van der Waals surface area contributed by atoms with Crippen LogP contribution in [-0.2, 0) is 0 Å². The van der Waals surface area contributed by atoms with Crippen LogP contribution in [0.25, 0.3) is 0 Å². The van der Waals surface area contributed by atoms with Gasteiger partial charge in [-0.2, -0.15) is 0 Å². The lowest BCUT2D eigenvalue weighted by Gasteiger charge is -2.31. The van der Waals surface area contributed by atoms with Gasteiger partial charge in [0.05, 0.1) is 0 Å². The van der Waals surface area contributed by atoms with E-state index in [4.69, 9.17) is 0 Å². The van der Waals surface area contributed by atoms with Crippen LogP contribution >= 0.6 is 0 Å². The van der Waals surface area contributed by atoms with Crippen molar-refractivity contribution in [3.8, 4) is 0 Å². The maximum absolute atomic E-state index is 2.57. The zero-order chi connectivity index (χ0) is 20.1. The van der Waals surface area contributed by atoms with Crippen LogP contribution in [0.15, 0.2) is 46.6 Å². The molecule has 154 valence electrons. The topological polar surface area (TPSA) is 6.48 Å². The fourth-order valence-electron chi connectivity index (χ4n) is 3.30. The number of rotatable bonds is 11. The molecule has 27 heavy (non-hydrogen) atoms. The molecule has 1 rings (SSSR count). The molecule has 1 saturated heterocycles. The van der Waals surface area contributed by atoms with Crippen LogP contribution in [0.3, 0.4) is 0 Å². The van der Waals surface area contributed by atoms with Gasteiger partial charge in [-0.05, 0) is 80.2 Å². The summed E-state index contributed by atoms with van der Waals surface area (Å²) in [5.74, 6) is 0. The predicted molar refractivity (Wildman–Crippen MR) is 122 cm³/mol. The van der Waals surface area contributed by atoms with Crippen molar-refractivity contribution in [1.82, 2.24) is 9.80 Å². The Labute approximate surface area is 169 Å². The smallest absolute Gasteiger partial charge is 0.0166 e. The minimum Gasteiger partial charge on any atom is -0.304 e. The summed E-state index contributed by atoms with van der Waals surface area (Å²) in [7, 11) is 2.22. The van der Waals surface area contributed by atoms with E-state index in [1.165, 1.54) is 87.0 Å². The summed E-state index contributed by atoms with van der Waals surface area (Å²) in [5.41, 5.74) is 6.03. The molecule has 0 unspecified atom stereocenters. The lowest BCUT2D eigenvalue weighted by molar-refractivity contribution is 0.166. The van der Waals surface area contributed by atoms with Crippen molar-refractivity contribution < 1.29 is 0 Å². The van der Waals surface area contributed by atoms with E-state index in [9.17, 15) is 0 Å². The molecule has 2 heteroatoms. The molecule has 0 aliphatic carbocycles. The zero-order valence-corrected chi connectivity index (χ0v) is 19.0. The van der Waals surface area contributed by atoms with Gasteiger partial charge in [0.15, 0.2) is 0 Å². The second kappa shape index (κ2) is 14.0. The number of hydrogen-bond donors (Lipinski definition) is 0. The summed E-state index contributed by atoms with van der Waals surface area (Å²) in [6.45, 7) is 17.2. The molecule has 0 saturated carbocycles. The van der Waals surface area contributed by atoms with Gasteiger partial charge in [-0.1, -0.05) is 46.6 Å². The molecule has 0 aromatic rings. The predicted octanol–water partition coefficient (Wildman–Crippen LogP) is 6.38. The summed E-state index contributed by atoms with van der Waals surface area (Å²) in [6.07, 6.45) is 16.8. The quantitative estimate of drug-likeness (QED) is 0.388. The van der Waals surface area contributed by atoms with E-state index in [2.05, 4.69) is 75.8 Å². The van der Waals surface area contributed by atoms with Gasteiger partial charge in [0.2, 0.25) is 0 Å². The molecule has 1 heterocycles. The van der Waals surface area contributed by atoms with Gasteiger partial charge < -0.3 is 4.90 Å². The van der Waals surface area contributed by atoms with Crippen molar-refractivity contribution in [2.45, 2.75) is 73.1 Å². The third-order valence-corrected chi connectivity index (χ3v) is 5.45. The van der Waals surface area contributed by atoms with Crippen molar-refractivity contribution in [2.75, 3.05) is 39.8 Å². The Morgan fingerprint density at radius 3 is 1.56 bits per heavy atom. The Hall–Kier alpha value is -1.12.